The average molecular weight is 289 g/mol. The first-order valence-corrected chi connectivity index (χ1v) is 7.17. The van der Waals surface area contributed by atoms with Crippen molar-refractivity contribution in [3.8, 4) is 11.5 Å². The SMILES string of the molecule is COc1cc2c(cc1OC)[C@H]1C[C@H](C=O)CC(=O)N1CC2. The number of carbonyl (C=O) groups is 2. The number of methoxy groups -OCH3 is 2. The number of hydrogen-bond acceptors (Lipinski definition) is 4. The standard InChI is InChI=1S/C16H19NO4/c1-20-14-7-11-3-4-17-13(12(11)8-15(14)21-2)5-10(9-18)6-16(17)19/h7-10,13H,3-6H2,1-2H3/t10-,13+/m0/s1. The van der Waals surface area contributed by atoms with Crippen LogP contribution >= 0.6 is 0 Å². The molecule has 1 aromatic rings. The topological polar surface area (TPSA) is 55.8 Å². The Morgan fingerprint density at radius 2 is 1.95 bits per heavy atom. The molecule has 1 amide bonds. The maximum atomic E-state index is 12.2. The average Bonchev–Trinajstić information content (AvgIpc) is 2.52. The van der Waals surface area contributed by atoms with E-state index in [4.69, 9.17) is 9.47 Å². The molecule has 1 aromatic carbocycles. The fourth-order valence-electron chi connectivity index (χ4n) is 3.40. The van der Waals surface area contributed by atoms with E-state index in [-0.39, 0.29) is 17.9 Å². The molecule has 2 heterocycles. The van der Waals surface area contributed by atoms with Gasteiger partial charge < -0.3 is 19.2 Å². The van der Waals surface area contributed by atoms with Crippen LogP contribution in [0.3, 0.4) is 0 Å². The Kier molecular flexibility index (Phi) is 3.57. The highest BCUT2D eigenvalue weighted by Crippen LogP contribution is 2.42. The summed E-state index contributed by atoms with van der Waals surface area (Å²) < 4.78 is 10.7. The number of ether oxygens (including phenoxy) is 2. The van der Waals surface area contributed by atoms with Gasteiger partial charge in [0.2, 0.25) is 5.91 Å². The summed E-state index contributed by atoms with van der Waals surface area (Å²) in [6.07, 6.45) is 2.74. The van der Waals surface area contributed by atoms with Gasteiger partial charge >= 0.3 is 0 Å². The Morgan fingerprint density at radius 3 is 2.62 bits per heavy atom. The van der Waals surface area contributed by atoms with Crippen molar-refractivity contribution in [3.05, 3.63) is 23.3 Å². The number of carbonyl (C=O) groups excluding carboxylic acids is 2. The zero-order valence-corrected chi connectivity index (χ0v) is 12.3. The number of benzene rings is 1. The Bertz CT molecular complexity index is 584. The molecule has 1 fully saturated rings. The van der Waals surface area contributed by atoms with E-state index in [0.717, 1.165) is 18.3 Å². The highest BCUT2D eigenvalue weighted by Gasteiger charge is 2.38. The van der Waals surface area contributed by atoms with Crippen LogP contribution in [-0.4, -0.2) is 37.9 Å². The van der Waals surface area contributed by atoms with Gasteiger partial charge in [-0.3, -0.25) is 4.79 Å². The van der Waals surface area contributed by atoms with E-state index < -0.39 is 0 Å². The number of hydrogen-bond donors (Lipinski definition) is 0. The van der Waals surface area contributed by atoms with E-state index in [1.807, 2.05) is 17.0 Å². The smallest absolute Gasteiger partial charge is 0.223 e. The van der Waals surface area contributed by atoms with E-state index in [1.54, 1.807) is 14.2 Å². The molecular weight excluding hydrogens is 270 g/mol. The Labute approximate surface area is 123 Å². The van der Waals surface area contributed by atoms with Crippen molar-refractivity contribution in [1.82, 2.24) is 4.90 Å². The van der Waals surface area contributed by atoms with Crippen LogP contribution in [-0.2, 0) is 16.0 Å². The minimum absolute atomic E-state index is 0.0231. The molecule has 0 aromatic heterocycles. The highest BCUT2D eigenvalue weighted by molar-refractivity contribution is 5.81. The van der Waals surface area contributed by atoms with Gasteiger partial charge in [0.15, 0.2) is 11.5 Å². The first kappa shape index (κ1) is 13.9. The van der Waals surface area contributed by atoms with E-state index in [1.165, 1.54) is 5.56 Å². The minimum Gasteiger partial charge on any atom is -0.493 e. The van der Waals surface area contributed by atoms with E-state index in [2.05, 4.69) is 0 Å². The molecule has 2 aliphatic heterocycles. The summed E-state index contributed by atoms with van der Waals surface area (Å²) in [5.74, 6) is 1.26. The monoisotopic (exact) mass is 289 g/mol. The van der Waals surface area contributed by atoms with Gasteiger partial charge in [0, 0.05) is 18.9 Å². The number of nitrogens with zero attached hydrogens (tertiary/aromatic N) is 1. The van der Waals surface area contributed by atoms with Gasteiger partial charge in [0.05, 0.1) is 20.3 Å². The number of amides is 1. The molecule has 0 saturated carbocycles. The van der Waals surface area contributed by atoms with Gasteiger partial charge in [-0.1, -0.05) is 0 Å². The van der Waals surface area contributed by atoms with Crippen LogP contribution in [0, 0.1) is 5.92 Å². The lowest BCUT2D eigenvalue weighted by Crippen LogP contribution is -2.45. The lowest BCUT2D eigenvalue weighted by molar-refractivity contribution is -0.141. The van der Waals surface area contributed by atoms with Crippen molar-refractivity contribution < 1.29 is 19.1 Å². The minimum atomic E-state index is -0.183. The second-order valence-corrected chi connectivity index (χ2v) is 5.59. The quantitative estimate of drug-likeness (QED) is 0.795. The molecule has 5 heteroatoms. The molecule has 2 aliphatic rings. The van der Waals surface area contributed by atoms with Crippen molar-refractivity contribution in [2.45, 2.75) is 25.3 Å². The normalized spacial score (nSPS) is 24.1. The maximum Gasteiger partial charge on any atom is 0.223 e. The molecule has 0 spiro atoms. The van der Waals surface area contributed by atoms with E-state index in [0.29, 0.717) is 30.9 Å². The summed E-state index contributed by atoms with van der Waals surface area (Å²) in [5, 5.41) is 0. The molecule has 0 aliphatic carbocycles. The predicted molar refractivity (Wildman–Crippen MR) is 76.5 cm³/mol. The number of piperidine rings is 1. The second-order valence-electron chi connectivity index (χ2n) is 5.59. The molecule has 0 unspecified atom stereocenters. The summed E-state index contributed by atoms with van der Waals surface area (Å²) in [6, 6.07) is 3.91. The Balaban J connectivity index is 2.04. The number of fused-ring (bicyclic) bond motifs is 3. The first-order valence-electron chi connectivity index (χ1n) is 7.17. The fourth-order valence-corrected chi connectivity index (χ4v) is 3.40. The van der Waals surface area contributed by atoms with Crippen LogP contribution < -0.4 is 9.47 Å². The molecule has 21 heavy (non-hydrogen) atoms. The highest BCUT2D eigenvalue weighted by atomic mass is 16.5. The van der Waals surface area contributed by atoms with Gasteiger partial charge in [-0.05, 0) is 36.1 Å². The fraction of sp³-hybridized carbons (Fsp3) is 0.500. The number of rotatable bonds is 3. The lowest BCUT2D eigenvalue weighted by atomic mass is 9.82. The third kappa shape index (κ3) is 2.26. The van der Waals surface area contributed by atoms with Crippen molar-refractivity contribution in [2.24, 2.45) is 5.92 Å². The van der Waals surface area contributed by atoms with Crippen LogP contribution in [0.1, 0.15) is 30.0 Å². The van der Waals surface area contributed by atoms with Gasteiger partial charge in [0.1, 0.15) is 6.29 Å². The molecule has 112 valence electrons. The Hall–Kier alpha value is -2.04. The van der Waals surface area contributed by atoms with E-state index >= 15 is 0 Å². The van der Waals surface area contributed by atoms with Crippen molar-refractivity contribution in [3.63, 3.8) is 0 Å². The summed E-state index contributed by atoms with van der Waals surface area (Å²) in [4.78, 5) is 25.2. The number of aldehydes is 1. The molecule has 3 rings (SSSR count). The molecule has 0 N–H and O–H groups in total. The lowest BCUT2D eigenvalue weighted by Gasteiger charge is -2.42. The molecule has 0 bridgehead atoms. The maximum absolute atomic E-state index is 12.2. The van der Waals surface area contributed by atoms with Crippen molar-refractivity contribution in [1.29, 1.82) is 0 Å². The Morgan fingerprint density at radius 1 is 1.24 bits per heavy atom. The summed E-state index contributed by atoms with van der Waals surface area (Å²) in [6.45, 7) is 0.706. The van der Waals surface area contributed by atoms with Crippen molar-refractivity contribution >= 4 is 12.2 Å². The van der Waals surface area contributed by atoms with Crippen LogP contribution in [0.4, 0.5) is 0 Å². The van der Waals surface area contributed by atoms with Crippen molar-refractivity contribution in [2.75, 3.05) is 20.8 Å². The summed E-state index contributed by atoms with van der Waals surface area (Å²) in [7, 11) is 3.22. The summed E-state index contributed by atoms with van der Waals surface area (Å²) in [5.41, 5.74) is 2.26. The molecular formula is C16H19NO4. The molecule has 1 saturated heterocycles. The zero-order chi connectivity index (χ0) is 15.0. The summed E-state index contributed by atoms with van der Waals surface area (Å²) >= 11 is 0. The second kappa shape index (κ2) is 5.39. The van der Waals surface area contributed by atoms with E-state index in [9.17, 15) is 9.59 Å². The third-order valence-electron chi connectivity index (χ3n) is 4.48. The van der Waals surface area contributed by atoms with Crippen LogP contribution in [0.2, 0.25) is 0 Å². The molecule has 5 nitrogen and oxygen atoms in total. The predicted octanol–water partition coefficient (Wildman–Crippen LogP) is 1.74. The van der Waals surface area contributed by atoms with Crippen LogP contribution in [0.25, 0.3) is 0 Å². The zero-order valence-electron chi connectivity index (χ0n) is 12.3. The van der Waals surface area contributed by atoms with Gasteiger partial charge in [0.25, 0.3) is 0 Å². The first-order chi connectivity index (χ1) is 10.2. The van der Waals surface area contributed by atoms with Gasteiger partial charge in [-0.15, -0.1) is 0 Å². The van der Waals surface area contributed by atoms with Crippen LogP contribution in [0.15, 0.2) is 12.1 Å². The molecule has 0 radical (unpaired) electrons. The van der Waals surface area contributed by atoms with Crippen LogP contribution in [0.5, 0.6) is 11.5 Å². The molecule has 2 atom stereocenters. The third-order valence-corrected chi connectivity index (χ3v) is 4.48. The van der Waals surface area contributed by atoms with Gasteiger partial charge in [-0.2, -0.15) is 0 Å². The van der Waals surface area contributed by atoms with Gasteiger partial charge in [-0.25, -0.2) is 0 Å². The largest absolute Gasteiger partial charge is 0.493 e.